The van der Waals surface area contributed by atoms with E-state index in [4.69, 9.17) is 0 Å². The van der Waals surface area contributed by atoms with Crippen molar-refractivity contribution in [2.24, 2.45) is 0 Å². The van der Waals surface area contributed by atoms with Crippen LogP contribution in [0, 0.1) is 6.92 Å². The number of aromatic nitrogens is 1. The molecule has 92 valence electrons. The maximum atomic E-state index is 4.34. The summed E-state index contributed by atoms with van der Waals surface area (Å²) in [6, 6.07) is 2.49. The monoisotopic (exact) mass is 330 g/mol. The molecule has 0 amide bonds. The molecule has 0 saturated carbocycles. The Morgan fingerprint density at radius 3 is 2.82 bits per heavy atom. The van der Waals surface area contributed by atoms with E-state index in [1.807, 2.05) is 5.51 Å². The van der Waals surface area contributed by atoms with Gasteiger partial charge in [-0.15, -0.1) is 22.7 Å². The minimum absolute atomic E-state index is 0.377. The number of nitrogens with zero attached hydrogens (tertiary/aromatic N) is 1. The van der Waals surface area contributed by atoms with Gasteiger partial charge in [0.2, 0.25) is 0 Å². The first-order valence-corrected chi connectivity index (χ1v) is 8.12. The topological polar surface area (TPSA) is 24.9 Å². The largest absolute Gasteiger partial charge is 0.309 e. The van der Waals surface area contributed by atoms with Crippen LogP contribution < -0.4 is 5.32 Å². The number of hydrogen-bond acceptors (Lipinski definition) is 4. The summed E-state index contributed by atoms with van der Waals surface area (Å²) in [6.45, 7) is 5.21. The van der Waals surface area contributed by atoms with Crippen LogP contribution in [0.4, 0.5) is 0 Å². The molecule has 2 rings (SSSR count). The van der Waals surface area contributed by atoms with E-state index in [1.54, 1.807) is 22.7 Å². The van der Waals surface area contributed by atoms with E-state index >= 15 is 0 Å². The Labute approximate surface area is 118 Å². The summed E-state index contributed by atoms with van der Waals surface area (Å²) in [6.07, 6.45) is 1.02. The second-order valence-corrected chi connectivity index (χ2v) is 6.55. The lowest BCUT2D eigenvalue weighted by Gasteiger charge is -2.16. The predicted molar refractivity (Wildman–Crippen MR) is 79.0 cm³/mol. The number of halogens is 1. The van der Waals surface area contributed by atoms with E-state index in [1.165, 1.54) is 14.2 Å². The summed E-state index contributed by atoms with van der Waals surface area (Å²) < 4.78 is 1.22. The van der Waals surface area contributed by atoms with Crippen LogP contribution in [0.1, 0.15) is 28.4 Å². The molecule has 1 unspecified atom stereocenters. The summed E-state index contributed by atoms with van der Waals surface area (Å²) in [7, 11) is 0. The van der Waals surface area contributed by atoms with Crippen molar-refractivity contribution in [1.82, 2.24) is 10.3 Å². The van der Waals surface area contributed by atoms with Gasteiger partial charge in [-0.2, -0.15) is 0 Å². The van der Waals surface area contributed by atoms with Crippen LogP contribution >= 0.6 is 38.6 Å². The quantitative estimate of drug-likeness (QED) is 0.889. The van der Waals surface area contributed by atoms with Gasteiger partial charge in [0.25, 0.3) is 0 Å². The zero-order valence-corrected chi connectivity index (χ0v) is 13.1. The van der Waals surface area contributed by atoms with Gasteiger partial charge in [0, 0.05) is 26.7 Å². The van der Waals surface area contributed by atoms with Crippen molar-refractivity contribution in [1.29, 1.82) is 0 Å². The van der Waals surface area contributed by atoms with Crippen molar-refractivity contribution in [2.75, 3.05) is 6.54 Å². The number of thiazole rings is 1. The number of likely N-dealkylation sites (N-methyl/N-ethyl adjacent to an activating group) is 1. The average molecular weight is 331 g/mol. The van der Waals surface area contributed by atoms with E-state index in [-0.39, 0.29) is 0 Å². The third kappa shape index (κ3) is 3.16. The van der Waals surface area contributed by atoms with Gasteiger partial charge in [0.15, 0.2) is 0 Å². The van der Waals surface area contributed by atoms with Crippen LogP contribution in [-0.4, -0.2) is 11.5 Å². The van der Waals surface area contributed by atoms with Crippen LogP contribution in [-0.2, 0) is 6.42 Å². The van der Waals surface area contributed by atoms with Crippen LogP contribution in [0.5, 0.6) is 0 Å². The molecule has 2 aromatic heterocycles. The predicted octanol–water partition coefficient (Wildman–Crippen LogP) is 4.17. The number of rotatable bonds is 5. The molecule has 0 aromatic carbocycles. The minimum atomic E-state index is 0.377. The molecule has 17 heavy (non-hydrogen) atoms. The Hall–Kier alpha value is -0.230. The van der Waals surface area contributed by atoms with Crippen molar-refractivity contribution < 1.29 is 0 Å². The van der Waals surface area contributed by atoms with Crippen molar-refractivity contribution in [2.45, 2.75) is 26.3 Å². The Balaban J connectivity index is 2.19. The van der Waals surface area contributed by atoms with Gasteiger partial charge in [0.05, 0.1) is 11.2 Å². The first-order valence-electron chi connectivity index (χ1n) is 5.57. The molecule has 2 nitrogen and oxygen atoms in total. The summed E-state index contributed by atoms with van der Waals surface area (Å²) in [4.78, 5) is 7.09. The fraction of sp³-hybridized carbons (Fsp3) is 0.417. The highest BCUT2D eigenvalue weighted by Crippen LogP contribution is 2.30. The molecule has 0 bridgehead atoms. The Morgan fingerprint density at radius 2 is 2.29 bits per heavy atom. The van der Waals surface area contributed by atoms with E-state index < -0.39 is 0 Å². The first-order chi connectivity index (χ1) is 8.22. The number of aryl methyl sites for hydroxylation is 1. The highest BCUT2D eigenvalue weighted by Gasteiger charge is 2.17. The summed E-state index contributed by atoms with van der Waals surface area (Å²) in [5.74, 6) is 0. The zero-order valence-electron chi connectivity index (χ0n) is 9.87. The Kier molecular flexibility index (Phi) is 4.73. The molecule has 0 spiro atoms. The van der Waals surface area contributed by atoms with E-state index in [2.05, 4.69) is 51.5 Å². The lowest BCUT2D eigenvalue weighted by molar-refractivity contribution is 0.557. The van der Waals surface area contributed by atoms with Crippen molar-refractivity contribution in [3.05, 3.63) is 36.9 Å². The molecule has 1 atom stereocenters. The lowest BCUT2D eigenvalue weighted by atomic mass is 10.1. The normalized spacial score (nSPS) is 12.9. The van der Waals surface area contributed by atoms with Crippen LogP contribution in [0.2, 0.25) is 0 Å². The van der Waals surface area contributed by atoms with Crippen molar-refractivity contribution in [3.8, 4) is 0 Å². The van der Waals surface area contributed by atoms with Gasteiger partial charge in [-0.1, -0.05) is 6.92 Å². The Morgan fingerprint density at radius 1 is 1.47 bits per heavy atom. The summed E-state index contributed by atoms with van der Waals surface area (Å²) in [5.41, 5.74) is 3.08. The van der Waals surface area contributed by atoms with Crippen LogP contribution in [0.3, 0.4) is 0 Å². The molecule has 0 fully saturated rings. The standard InChI is InChI=1S/C12H15BrN2S2/c1-3-14-10(12-8(2)15-7-17-12)6-11-9(13)4-5-16-11/h4-5,7,10,14H,3,6H2,1-2H3. The van der Waals surface area contributed by atoms with E-state index in [0.29, 0.717) is 6.04 Å². The van der Waals surface area contributed by atoms with E-state index in [9.17, 15) is 0 Å². The molecule has 0 aliphatic heterocycles. The molecule has 1 N–H and O–H groups in total. The van der Waals surface area contributed by atoms with E-state index in [0.717, 1.165) is 18.7 Å². The molecule has 0 aliphatic carbocycles. The minimum Gasteiger partial charge on any atom is -0.309 e. The van der Waals surface area contributed by atoms with Crippen LogP contribution in [0.25, 0.3) is 0 Å². The highest BCUT2D eigenvalue weighted by atomic mass is 79.9. The van der Waals surface area contributed by atoms with Gasteiger partial charge in [0.1, 0.15) is 0 Å². The fourth-order valence-corrected chi connectivity index (χ4v) is 4.25. The SMILES string of the molecule is CCNC(Cc1sccc1Br)c1scnc1C. The third-order valence-corrected chi connectivity index (χ3v) is 5.62. The molecule has 5 heteroatoms. The number of thiophene rings is 1. The Bertz CT molecular complexity index is 478. The summed E-state index contributed by atoms with van der Waals surface area (Å²) >= 11 is 7.14. The highest BCUT2D eigenvalue weighted by molar-refractivity contribution is 9.10. The zero-order chi connectivity index (χ0) is 12.3. The van der Waals surface area contributed by atoms with Gasteiger partial charge in [-0.05, 0) is 40.8 Å². The van der Waals surface area contributed by atoms with Gasteiger partial charge >= 0.3 is 0 Å². The number of nitrogens with one attached hydrogen (secondary N) is 1. The average Bonchev–Trinajstić information content (AvgIpc) is 2.88. The first kappa shape index (κ1) is 13.2. The van der Waals surface area contributed by atoms with Gasteiger partial charge < -0.3 is 5.32 Å². The summed E-state index contributed by atoms with van der Waals surface area (Å²) in [5, 5.41) is 5.67. The lowest BCUT2D eigenvalue weighted by Crippen LogP contribution is -2.22. The maximum absolute atomic E-state index is 4.34. The number of hydrogen-bond donors (Lipinski definition) is 1. The molecule has 0 radical (unpaired) electrons. The van der Waals surface area contributed by atoms with Crippen molar-refractivity contribution >= 4 is 38.6 Å². The molecule has 2 aromatic rings. The third-order valence-electron chi connectivity index (χ3n) is 2.63. The molecular formula is C12H15BrN2S2. The van der Waals surface area contributed by atoms with Crippen molar-refractivity contribution in [3.63, 3.8) is 0 Å². The molecule has 0 aliphatic rings. The van der Waals surface area contributed by atoms with Crippen LogP contribution in [0.15, 0.2) is 21.4 Å². The molecule has 0 saturated heterocycles. The second kappa shape index (κ2) is 6.09. The van der Waals surface area contributed by atoms with Gasteiger partial charge in [-0.3, -0.25) is 0 Å². The fourth-order valence-electron chi connectivity index (χ4n) is 1.81. The molecule has 2 heterocycles. The van der Waals surface area contributed by atoms with Gasteiger partial charge in [-0.25, -0.2) is 4.98 Å². The maximum Gasteiger partial charge on any atom is 0.0798 e. The smallest absolute Gasteiger partial charge is 0.0798 e. The second-order valence-electron chi connectivity index (χ2n) is 3.81. The molecular weight excluding hydrogens is 316 g/mol.